The standard InChI is InChI=1S/C20H31N6O20P3/c1-39-23-11-3-5-25(19(31)21-11)17-15(29)13(27)9(43-17)7-41-47(33,34)45-49(37,38)46-48(35,36)42-8-10-14(28)16(30)18(44-10)26-6-4-12(24-40-2)22-20(26)32/h3-6,9-10,13-18,27-30H,7-8H2,1-2H3,(H,33,34)(H,35,36)(H,37,38)(H,21,23,31)(H,22,24,32)/t9-,10-,13-,14-,15-,16-,17-,18-/m1/s1. The smallest absolute Gasteiger partial charge is 0.387 e. The molecule has 276 valence electrons. The predicted octanol–water partition coefficient (Wildman–Crippen LogP) is -2.95. The number of rotatable bonds is 16. The molecular formula is C20H31N6O20P3. The van der Waals surface area contributed by atoms with Gasteiger partial charge in [0, 0.05) is 12.4 Å². The van der Waals surface area contributed by atoms with E-state index in [-0.39, 0.29) is 11.6 Å². The highest BCUT2D eigenvalue weighted by Gasteiger charge is 2.49. The van der Waals surface area contributed by atoms with E-state index in [2.05, 4.69) is 48.3 Å². The molecule has 0 saturated carbocycles. The molecule has 2 aromatic heterocycles. The van der Waals surface area contributed by atoms with Crippen molar-refractivity contribution in [1.82, 2.24) is 19.1 Å². The molecule has 0 radical (unpaired) electrons. The van der Waals surface area contributed by atoms with Crippen molar-refractivity contribution >= 4 is 35.1 Å². The van der Waals surface area contributed by atoms with Crippen LogP contribution in [0.3, 0.4) is 0 Å². The molecule has 2 aliphatic rings. The third-order valence-electron chi connectivity index (χ3n) is 6.51. The molecule has 4 rings (SSSR count). The number of aliphatic hydroxyl groups is 4. The molecule has 2 aromatic rings. The first-order valence-corrected chi connectivity index (χ1v) is 17.9. The third kappa shape index (κ3) is 9.83. The molecule has 0 spiro atoms. The zero-order valence-corrected chi connectivity index (χ0v) is 27.6. The van der Waals surface area contributed by atoms with E-state index in [1.54, 1.807) is 0 Å². The molecule has 2 saturated heterocycles. The van der Waals surface area contributed by atoms with Crippen molar-refractivity contribution in [3.63, 3.8) is 0 Å². The van der Waals surface area contributed by atoms with Gasteiger partial charge < -0.3 is 44.6 Å². The van der Waals surface area contributed by atoms with E-state index < -0.39 is 97.1 Å². The fraction of sp³-hybridized carbons (Fsp3) is 0.600. The second-order valence-electron chi connectivity index (χ2n) is 9.87. The molecule has 10 atom stereocenters. The maximum absolute atomic E-state index is 12.3. The van der Waals surface area contributed by atoms with Crippen molar-refractivity contribution in [1.29, 1.82) is 0 Å². The molecule has 0 amide bonds. The number of hydrogen-bond acceptors (Lipinski definition) is 21. The highest BCUT2D eigenvalue weighted by Crippen LogP contribution is 2.67. The SMILES string of the molecule is CONc1ccn([C@@H]2O[C@H](COP(=O)(O)OP(=O)(O)OP(=O)(O)OC[C@H]3O[C@@H](n4ccc(NOC)nc4=O)[C@H](O)[C@@H]3O)[C@@H](O)[C@H]2O)c(=O)n1. The van der Waals surface area contributed by atoms with Gasteiger partial charge in [0.2, 0.25) is 0 Å². The van der Waals surface area contributed by atoms with Crippen molar-refractivity contribution in [2.24, 2.45) is 0 Å². The highest BCUT2D eigenvalue weighted by molar-refractivity contribution is 7.66. The van der Waals surface area contributed by atoms with Crippen LogP contribution >= 0.6 is 23.5 Å². The normalized spacial score (nSPS) is 30.7. The molecule has 2 aliphatic heterocycles. The van der Waals surface area contributed by atoms with Gasteiger partial charge in [-0.05, 0) is 12.1 Å². The molecule has 0 aromatic carbocycles. The Balaban J connectivity index is 1.30. The summed E-state index contributed by atoms with van der Waals surface area (Å²) in [6, 6.07) is 2.50. The van der Waals surface area contributed by atoms with Gasteiger partial charge in [0.25, 0.3) is 0 Å². The van der Waals surface area contributed by atoms with Crippen LogP contribution in [-0.2, 0) is 50.5 Å². The minimum absolute atomic E-state index is 0.00493. The minimum atomic E-state index is -5.99. The summed E-state index contributed by atoms with van der Waals surface area (Å²) >= 11 is 0. The molecule has 4 heterocycles. The van der Waals surface area contributed by atoms with Crippen molar-refractivity contribution in [3.8, 4) is 0 Å². The summed E-state index contributed by atoms with van der Waals surface area (Å²) in [5.41, 5.74) is 2.66. The van der Waals surface area contributed by atoms with Crippen LogP contribution in [0.5, 0.6) is 0 Å². The monoisotopic (exact) mass is 768 g/mol. The Morgan fingerprint density at radius 3 is 1.39 bits per heavy atom. The second-order valence-corrected chi connectivity index (χ2v) is 14.5. The lowest BCUT2D eigenvalue weighted by Gasteiger charge is -2.21. The van der Waals surface area contributed by atoms with Crippen LogP contribution in [0.2, 0.25) is 0 Å². The Morgan fingerprint density at radius 2 is 1.06 bits per heavy atom. The Bertz CT molecular complexity index is 1610. The lowest BCUT2D eigenvalue weighted by Crippen LogP contribution is -2.36. The van der Waals surface area contributed by atoms with Crippen molar-refractivity contribution < 1.29 is 85.6 Å². The Labute approximate surface area is 273 Å². The van der Waals surface area contributed by atoms with Crippen LogP contribution in [0.4, 0.5) is 11.6 Å². The van der Waals surface area contributed by atoms with Crippen LogP contribution < -0.4 is 22.3 Å². The van der Waals surface area contributed by atoms with Gasteiger partial charge in [0.05, 0.1) is 27.4 Å². The Kier molecular flexibility index (Phi) is 12.6. The van der Waals surface area contributed by atoms with Crippen LogP contribution in [0.25, 0.3) is 0 Å². The summed E-state index contributed by atoms with van der Waals surface area (Å²) < 4.78 is 66.2. The summed E-state index contributed by atoms with van der Waals surface area (Å²) in [6.45, 7) is -2.21. The Hall–Kier alpha value is -2.55. The average Bonchev–Trinajstić information content (AvgIpc) is 3.44. The van der Waals surface area contributed by atoms with Crippen LogP contribution in [0.1, 0.15) is 12.5 Å². The fourth-order valence-electron chi connectivity index (χ4n) is 4.39. The van der Waals surface area contributed by atoms with E-state index in [1.165, 1.54) is 26.4 Å². The van der Waals surface area contributed by atoms with Gasteiger partial charge in [-0.15, -0.1) is 0 Å². The summed E-state index contributed by atoms with van der Waals surface area (Å²) in [5, 5.41) is 41.2. The minimum Gasteiger partial charge on any atom is -0.387 e. The van der Waals surface area contributed by atoms with Crippen molar-refractivity contribution in [2.75, 3.05) is 38.4 Å². The highest BCUT2D eigenvalue weighted by atomic mass is 31.3. The summed E-state index contributed by atoms with van der Waals surface area (Å²) in [6.07, 6.45) is -11.5. The summed E-state index contributed by atoms with van der Waals surface area (Å²) in [7, 11) is -14.8. The van der Waals surface area contributed by atoms with E-state index in [4.69, 9.17) is 9.47 Å². The van der Waals surface area contributed by atoms with E-state index >= 15 is 0 Å². The second kappa shape index (κ2) is 15.8. The molecule has 49 heavy (non-hydrogen) atoms. The van der Waals surface area contributed by atoms with E-state index in [0.29, 0.717) is 0 Å². The van der Waals surface area contributed by atoms with Crippen LogP contribution in [0, 0.1) is 0 Å². The molecule has 2 fully saturated rings. The number of ether oxygens (including phenoxy) is 2. The number of hydrogen-bond donors (Lipinski definition) is 9. The Morgan fingerprint density at radius 1 is 0.694 bits per heavy atom. The van der Waals surface area contributed by atoms with Gasteiger partial charge in [-0.2, -0.15) is 18.6 Å². The third-order valence-corrected chi connectivity index (χ3v) is 10.8. The van der Waals surface area contributed by atoms with E-state index in [9.17, 15) is 58.4 Å². The largest absolute Gasteiger partial charge is 0.490 e. The first-order valence-electron chi connectivity index (χ1n) is 13.4. The lowest BCUT2D eigenvalue weighted by molar-refractivity contribution is -0.0548. The van der Waals surface area contributed by atoms with Gasteiger partial charge in [-0.25, -0.2) is 34.2 Å². The number of aromatic nitrogens is 4. The van der Waals surface area contributed by atoms with Gasteiger partial charge in [-0.3, -0.25) is 27.9 Å². The number of anilines is 2. The number of phosphoric acid groups is 3. The quantitative estimate of drug-likeness (QED) is 0.0609. The molecule has 26 nitrogen and oxygen atoms in total. The lowest BCUT2D eigenvalue weighted by atomic mass is 10.1. The van der Waals surface area contributed by atoms with Crippen LogP contribution in [-0.4, -0.2) is 118 Å². The van der Waals surface area contributed by atoms with Gasteiger partial charge in [0.15, 0.2) is 24.1 Å². The number of aliphatic hydroxyl groups excluding tert-OH is 4. The van der Waals surface area contributed by atoms with Gasteiger partial charge >= 0.3 is 34.8 Å². The maximum Gasteiger partial charge on any atom is 0.490 e. The summed E-state index contributed by atoms with van der Waals surface area (Å²) in [4.78, 5) is 70.7. The average molecular weight is 768 g/mol. The maximum atomic E-state index is 12.3. The van der Waals surface area contributed by atoms with Gasteiger partial charge in [0.1, 0.15) is 36.6 Å². The topological polar surface area (TPSA) is 360 Å². The van der Waals surface area contributed by atoms with Crippen molar-refractivity contribution in [2.45, 2.75) is 49.1 Å². The number of nitrogens with zero attached hydrogens (tertiary/aromatic N) is 4. The predicted molar refractivity (Wildman–Crippen MR) is 154 cm³/mol. The molecule has 0 bridgehead atoms. The number of nitrogens with one attached hydrogen (secondary N) is 2. The molecule has 29 heteroatoms. The molecule has 2 unspecified atom stereocenters. The zero-order chi connectivity index (χ0) is 36.3. The first-order chi connectivity index (χ1) is 22.9. The molecule has 9 N–H and O–H groups in total. The molecule has 0 aliphatic carbocycles. The fourth-order valence-corrected chi connectivity index (χ4v) is 7.91. The first kappa shape index (κ1) is 39.2. The molecular weight excluding hydrogens is 737 g/mol. The van der Waals surface area contributed by atoms with Crippen molar-refractivity contribution in [3.05, 3.63) is 45.5 Å². The number of phosphoric ester groups is 2. The van der Waals surface area contributed by atoms with E-state index in [1.807, 2.05) is 0 Å². The van der Waals surface area contributed by atoms with Crippen LogP contribution in [0.15, 0.2) is 34.1 Å². The zero-order valence-electron chi connectivity index (χ0n) is 24.9. The summed E-state index contributed by atoms with van der Waals surface area (Å²) in [5.74, 6) is -0.00986. The van der Waals surface area contributed by atoms with Gasteiger partial charge in [-0.1, -0.05) is 0 Å². The van der Waals surface area contributed by atoms with E-state index in [0.717, 1.165) is 21.5 Å².